The molecule has 0 aliphatic carbocycles. The molecule has 130 valence electrons. The van der Waals surface area contributed by atoms with E-state index < -0.39 is 22.8 Å². The van der Waals surface area contributed by atoms with E-state index in [4.69, 9.17) is 5.11 Å². The van der Waals surface area contributed by atoms with E-state index in [9.17, 15) is 19.7 Å². The van der Waals surface area contributed by atoms with E-state index in [0.29, 0.717) is 12.2 Å². The molecule has 0 heterocycles. The minimum Gasteiger partial charge on any atom is -0.481 e. The van der Waals surface area contributed by atoms with Crippen molar-refractivity contribution in [2.75, 3.05) is 5.32 Å². The minimum absolute atomic E-state index is 0.0951. The van der Waals surface area contributed by atoms with Crippen LogP contribution in [0.4, 0.5) is 11.4 Å². The minimum atomic E-state index is -1.11. The van der Waals surface area contributed by atoms with Crippen molar-refractivity contribution in [1.29, 1.82) is 0 Å². The Morgan fingerprint density at radius 2 is 1.72 bits per heavy atom. The van der Waals surface area contributed by atoms with Gasteiger partial charge in [-0.05, 0) is 17.7 Å². The van der Waals surface area contributed by atoms with Crippen LogP contribution in [-0.2, 0) is 16.1 Å². The Hall–Kier alpha value is -3.26. The van der Waals surface area contributed by atoms with Crippen molar-refractivity contribution in [3.63, 3.8) is 0 Å². The van der Waals surface area contributed by atoms with Crippen molar-refractivity contribution in [2.24, 2.45) is 0 Å². The lowest BCUT2D eigenvalue weighted by atomic mass is 10.1. The molecule has 0 unspecified atom stereocenters. The molecule has 8 nitrogen and oxygen atoms in total. The van der Waals surface area contributed by atoms with Gasteiger partial charge in [0.05, 0.1) is 17.4 Å². The summed E-state index contributed by atoms with van der Waals surface area (Å²) in [5.74, 6) is -1.63. The van der Waals surface area contributed by atoms with Crippen LogP contribution in [0.2, 0.25) is 0 Å². The van der Waals surface area contributed by atoms with E-state index in [2.05, 4.69) is 10.6 Å². The zero-order chi connectivity index (χ0) is 18.2. The molecule has 0 bridgehead atoms. The van der Waals surface area contributed by atoms with Gasteiger partial charge in [-0.15, -0.1) is 0 Å². The average molecular weight is 343 g/mol. The third-order valence-electron chi connectivity index (χ3n) is 3.44. The standard InChI is InChI=1S/C17H17N3O5/c21-16(22)10-15(18-11-12-4-2-1-3-5-12)17(23)19-13-6-8-14(9-7-13)20(24)25/h1-9,15,18H,10-11H2,(H,19,23)(H,21,22)/t15-/m0/s1. The van der Waals surface area contributed by atoms with E-state index >= 15 is 0 Å². The van der Waals surface area contributed by atoms with Gasteiger partial charge in [0.2, 0.25) is 5.91 Å². The number of benzene rings is 2. The van der Waals surface area contributed by atoms with Crippen molar-refractivity contribution in [1.82, 2.24) is 5.32 Å². The number of nitro benzene ring substituents is 1. The summed E-state index contributed by atoms with van der Waals surface area (Å²) >= 11 is 0. The van der Waals surface area contributed by atoms with Crippen molar-refractivity contribution < 1.29 is 19.6 Å². The van der Waals surface area contributed by atoms with Gasteiger partial charge in [-0.2, -0.15) is 0 Å². The number of hydrogen-bond acceptors (Lipinski definition) is 5. The molecule has 0 aromatic heterocycles. The summed E-state index contributed by atoms with van der Waals surface area (Å²) in [4.78, 5) is 33.4. The number of hydrogen-bond donors (Lipinski definition) is 3. The summed E-state index contributed by atoms with van der Waals surface area (Å²) in [5.41, 5.74) is 1.18. The number of carboxylic acid groups (broad SMARTS) is 1. The van der Waals surface area contributed by atoms with Gasteiger partial charge in [-0.25, -0.2) is 0 Å². The van der Waals surface area contributed by atoms with E-state index in [1.807, 2.05) is 30.3 Å². The highest BCUT2D eigenvalue weighted by Crippen LogP contribution is 2.15. The first-order valence-corrected chi connectivity index (χ1v) is 7.50. The molecule has 0 saturated carbocycles. The third kappa shape index (κ3) is 5.70. The fourth-order valence-corrected chi connectivity index (χ4v) is 2.16. The summed E-state index contributed by atoms with van der Waals surface area (Å²) in [6.07, 6.45) is -0.383. The first-order chi connectivity index (χ1) is 12.0. The number of carbonyl (C=O) groups is 2. The summed E-state index contributed by atoms with van der Waals surface area (Å²) in [6, 6.07) is 13.7. The molecule has 25 heavy (non-hydrogen) atoms. The van der Waals surface area contributed by atoms with Gasteiger partial charge in [0.25, 0.3) is 5.69 Å². The van der Waals surface area contributed by atoms with Crippen molar-refractivity contribution in [3.05, 3.63) is 70.3 Å². The SMILES string of the molecule is O=C(O)C[C@H](NCc1ccccc1)C(=O)Nc1ccc([N+](=O)[O-])cc1. The highest BCUT2D eigenvalue weighted by atomic mass is 16.6. The van der Waals surface area contributed by atoms with Gasteiger partial charge < -0.3 is 15.7 Å². The Morgan fingerprint density at radius 1 is 1.08 bits per heavy atom. The molecule has 0 radical (unpaired) electrons. The highest BCUT2D eigenvalue weighted by Gasteiger charge is 2.21. The number of rotatable bonds is 8. The van der Waals surface area contributed by atoms with E-state index in [0.717, 1.165) is 5.56 Å². The summed E-state index contributed by atoms with van der Waals surface area (Å²) in [5, 5.41) is 25.1. The lowest BCUT2D eigenvalue weighted by molar-refractivity contribution is -0.384. The lowest BCUT2D eigenvalue weighted by Gasteiger charge is -2.17. The lowest BCUT2D eigenvalue weighted by Crippen LogP contribution is -2.41. The third-order valence-corrected chi connectivity index (χ3v) is 3.44. The summed E-state index contributed by atoms with van der Waals surface area (Å²) in [6.45, 7) is 0.340. The number of nitro groups is 1. The highest BCUT2D eigenvalue weighted by molar-refractivity contribution is 5.96. The van der Waals surface area contributed by atoms with Crippen molar-refractivity contribution in [2.45, 2.75) is 19.0 Å². The topological polar surface area (TPSA) is 122 Å². The van der Waals surface area contributed by atoms with E-state index in [1.54, 1.807) is 0 Å². The molecule has 0 aliphatic heterocycles. The Bertz CT molecular complexity index is 747. The summed E-state index contributed by atoms with van der Waals surface area (Å²) < 4.78 is 0. The fraction of sp³-hybridized carbons (Fsp3) is 0.176. The van der Waals surface area contributed by atoms with Crippen molar-refractivity contribution in [3.8, 4) is 0 Å². The van der Waals surface area contributed by atoms with Crippen LogP contribution in [0.15, 0.2) is 54.6 Å². The van der Waals surface area contributed by atoms with Gasteiger partial charge >= 0.3 is 5.97 Å². The van der Waals surface area contributed by atoms with Crippen LogP contribution < -0.4 is 10.6 Å². The molecule has 1 atom stereocenters. The normalized spacial score (nSPS) is 11.5. The first kappa shape index (κ1) is 18.1. The largest absolute Gasteiger partial charge is 0.481 e. The monoisotopic (exact) mass is 343 g/mol. The zero-order valence-corrected chi connectivity index (χ0v) is 13.2. The molecular formula is C17H17N3O5. The quantitative estimate of drug-likeness (QED) is 0.499. The van der Waals surface area contributed by atoms with Gasteiger partial charge in [-0.1, -0.05) is 30.3 Å². The number of nitrogens with zero attached hydrogens (tertiary/aromatic N) is 1. The number of carboxylic acids is 1. The predicted octanol–water partition coefficient (Wildman–Crippen LogP) is 2.17. The van der Waals surface area contributed by atoms with Crippen LogP contribution in [0, 0.1) is 10.1 Å². The van der Waals surface area contributed by atoms with Crippen LogP contribution in [0.3, 0.4) is 0 Å². The molecule has 2 rings (SSSR count). The van der Waals surface area contributed by atoms with Gasteiger partial charge in [0, 0.05) is 24.4 Å². The summed E-state index contributed by atoms with van der Waals surface area (Å²) in [7, 11) is 0. The van der Waals surface area contributed by atoms with E-state index in [1.165, 1.54) is 24.3 Å². The molecule has 1 amide bonds. The van der Waals surface area contributed by atoms with Crippen LogP contribution in [0.1, 0.15) is 12.0 Å². The van der Waals surface area contributed by atoms with Gasteiger partial charge in [-0.3, -0.25) is 19.7 Å². The van der Waals surface area contributed by atoms with Crippen molar-refractivity contribution >= 4 is 23.3 Å². The molecule has 0 spiro atoms. The molecular weight excluding hydrogens is 326 g/mol. The molecule has 0 saturated heterocycles. The van der Waals surface area contributed by atoms with Crippen LogP contribution >= 0.6 is 0 Å². The van der Waals surface area contributed by atoms with Crippen LogP contribution in [-0.4, -0.2) is 27.9 Å². The number of non-ortho nitro benzene ring substituents is 1. The Kier molecular flexibility index (Phi) is 6.19. The number of aliphatic carboxylic acids is 1. The smallest absolute Gasteiger partial charge is 0.305 e. The molecule has 0 fully saturated rings. The first-order valence-electron chi connectivity index (χ1n) is 7.50. The Balaban J connectivity index is 2.01. The molecule has 2 aromatic carbocycles. The second-order valence-corrected chi connectivity index (χ2v) is 5.31. The molecule has 0 aliphatic rings. The number of anilines is 1. The van der Waals surface area contributed by atoms with Crippen LogP contribution in [0.25, 0.3) is 0 Å². The molecule has 2 aromatic rings. The maximum absolute atomic E-state index is 12.3. The van der Waals surface area contributed by atoms with Crippen LogP contribution in [0.5, 0.6) is 0 Å². The average Bonchev–Trinajstić information content (AvgIpc) is 2.59. The molecule has 8 heteroatoms. The predicted molar refractivity (Wildman–Crippen MR) is 91.0 cm³/mol. The van der Waals surface area contributed by atoms with Gasteiger partial charge in [0.1, 0.15) is 0 Å². The molecule has 3 N–H and O–H groups in total. The number of nitrogens with one attached hydrogen (secondary N) is 2. The van der Waals surface area contributed by atoms with E-state index in [-0.39, 0.29) is 12.1 Å². The Labute approximate surface area is 143 Å². The van der Waals surface area contributed by atoms with Gasteiger partial charge in [0.15, 0.2) is 0 Å². The second-order valence-electron chi connectivity index (χ2n) is 5.31. The maximum atomic E-state index is 12.3. The zero-order valence-electron chi connectivity index (χ0n) is 13.2. The number of carbonyl (C=O) groups excluding carboxylic acids is 1. The maximum Gasteiger partial charge on any atom is 0.305 e. The fourth-order valence-electron chi connectivity index (χ4n) is 2.16. The second kappa shape index (κ2) is 8.55. The Morgan fingerprint density at radius 3 is 2.28 bits per heavy atom. The number of amides is 1.